The van der Waals surface area contributed by atoms with Crippen molar-refractivity contribution in [2.24, 2.45) is 4.99 Å². The lowest BCUT2D eigenvalue weighted by Crippen LogP contribution is -2.10. The van der Waals surface area contributed by atoms with E-state index in [1.807, 2.05) is 20.8 Å². The lowest BCUT2D eigenvalue weighted by atomic mass is 9.95. The van der Waals surface area contributed by atoms with Gasteiger partial charge in [0.15, 0.2) is 23.3 Å². The summed E-state index contributed by atoms with van der Waals surface area (Å²) in [5.74, 6) is -9.40. The standard InChI is InChI=1S/C26H21F5N2S/c1-13-9-14(2)20(15(3)10-13)18-12-34-19(32-18)11-17(16-7-5-4-6-8-16)33-26-24(30)22(28)21(27)23(29)25(26)31/h4-11,18,33H,12H2,1-3H3. The molecule has 1 atom stereocenters. The van der Waals surface area contributed by atoms with Crippen molar-refractivity contribution >= 4 is 28.2 Å². The molecule has 0 amide bonds. The van der Waals surface area contributed by atoms with Gasteiger partial charge in [0, 0.05) is 11.4 Å². The molecule has 0 aliphatic carbocycles. The fourth-order valence-corrected chi connectivity index (χ4v) is 5.09. The zero-order valence-corrected chi connectivity index (χ0v) is 19.5. The number of thioether (sulfide) groups is 1. The van der Waals surface area contributed by atoms with Crippen LogP contribution in [0.3, 0.4) is 0 Å². The lowest BCUT2D eigenvalue weighted by Gasteiger charge is -2.15. The predicted molar refractivity (Wildman–Crippen MR) is 128 cm³/mol. The lowest BCUT2D eigenvalue weighted by molar-refractivity contribution is 0.382. The Bertz CT molecular complexity index is 1270. The van der Waals surface area contributed by atoms with Crippen LogP contribution in [0.2, 0.25) is 0 Å². The first kappa shape index (κ1) is 24.0. The maximum Gasteiger partial charge on any atom is 0.200 e. The van der Waals surface area contributed by atoms with E-state index < -0.39 is 34.8 Å². The van der Waals surface area contributed by atoms with E-state index in [0.29, 0.717) is 16.4 Å². The first-order chi connectivity index (χ1) is 16.2. The van der Waals surface area contributed by atoms with Crippen molar-refractivity contribution in [1.82, 2.24) is 0 Å². The highest BCUT2D eigenvalue weighted by Crippen LogP contribution is 2.36. The van der Waals surface area contributed by atoms with Crippen LogP contribution in [0.4, 0.5) is 27.6 Å². The number of hydrogen-bond donors (Lipinski definition) is 1. The van der Waals surface area contributed by atoms with Crippen LogP contribution in [-0.4, -0.2) is 10.8 Å². The Balaban J connectivity index is 1.76. The summed E-state index contributed by atoms with van der Waals surface area (Å²) in [6.07, 6.45) is 1.57. The molecular weight excluding hydrogens is 467 g/mol. The summed E-state index contributed by atoms with van der Waals surface area (Å²) in [4.78, 5) is 4.78. The Labute approximate surface area is 198 Å². The topological polar surface area (TPSA) is 24.4 Å². The summed E-state index contributed by atoms with van der Waals surface area (Å²) in [6, 6.07) is 12.6. The van der Waals surface area contributed by atoms with Crippen molar-refractivity contribution in [2.45, 2.75) is 26.8 Å². The van der Waals surface area contributed by atoms with E-state index in [0.717, 1.165) is 22.3 Å². The minimum Gasteiger partial charge on any atom is -0.350 e. The molecule has 0 bridgehead atoms. The smallest absolute Gasteiger partial charge is 0.200 e. The van der Waals surface area contributed by atoms with Crippen LogP contribution in [0.25, 0.3) is 5.70 Å². The maximum atomic E-state index is 14.4. The Hall–Kier alpha value is -3.13. The third-order valence-electron chi connectivity index (χ3n) is 5.57. The normalized spacial score (nSPS) is 16.1. The van der Waals surface area contributed by atoms with Crippen LogP contribution < -0.4 is 5.32 Å². The third-order valence-corrected chi connectivity index (χ3v) is 6.57. The molecule has 176 valence electrons. The summed E-state index contributed by atoms with van der Waals surface area (Å²) in [5.41, 5.74) is 4.08. The molecule has 8 heteroatoms. The second kappa shape index (κ2) is 9.62. The minimum atomic E-state index is -2.20. The average molecular weight is 489 g/mol. The number of anilines is 1. The van der Waals surface area contributed by atoms with Crippen LogP contribution in [0.5, 0.6) is 0 Å². The number of rotatable bonds is 5. The monoisotopic (exact) mass is 488 g/mol. The minimum absolute atomic E-state index is 0.108. The highest BCUT2D eigenvalue weighted by molar-refractivity contribution is 8.14. The van der Waals surface area contributed by atoms with Crippen LogP contribution in [0.1, 0.15) is 33.9 Å². The fraction of sp³-hybridized carbons (Fsp3) is 0.192. The molecule has 4 rings (SSSR count). The van der Waals surface area contributed by atoms with Gasteiger partial charge in [-0.3, -0.25) is 4.99 Å². The quantitative estimate of drug-likeness (QED) is 0.227. The fourth-order valence-electron chi connectivity index (χ4n) is 4.12. The molecule has 0 saturated heterocycles. The molecule has 1 aliphatic heterocycles. The Kier molecular flexibility index (Phi) is 6.79. The summed E-state index contributed by atoms with van der Waals surface area (Å²) in [7, 11) is 0. The number of nitrogens with zero attached hydrogens (tertiary/aromatic N) is 1. The molecule has 3 aromatic rings. The van der Waals surface area contributed by atoms with E-state index in [9.17, 15) is 22.0 Å². The molecule has 34 heavy (non-hydrogen) atoms. The zero-order chi connectivity index (χ0) is 24.6. The van der Waals surface area contributed by atoms with Gasteiger partial charge in [0.1, 0.15) is 5.69 Å². The van der Waals surface area contributed by atoms with Crippen LogP contribution in [-0.2, 0) is 0 Å². The molecule has 0 fully saturated rings. The zero-order valence-electron chi connectivity index (χ0n) is 18.6. The van der Waals surface area contributed by atoms with Gasteiger partial charge < -0.3 is 5.32 Å². The Morgan fingerprint density at radius 3 is 2.03 bits per heavy atom. The Morgan fingerprint density at radius 2 is 1.44 bits per heavy atom. The van der Waals surface area contributed by atoms with Gasteiger partial charge in [-0.05, 0) is 49.1 Å². The highest BCUT2D eigenvalue weighted by atomic mass is 32.2. The molecule has 0 saturated carbocycles. The van der Waals surface area contributed by atoms with E-state index in [1.54, 1.807) is 36.4 Å². The van der Waals surface area contributed by atoms with Crippen molar-refractivity contribution in [2.75, 3.05) is 11.1 Å². The van der Waals surface area contributed by atoms with E-state index in [1.165, 1.54) is 11.8 Å². The Morgan fingerprint density at radius 1 is 0.882 bits per heavy atom. The summed E-state index contributed by atoms with van der Waals surface area (Å²) in [5, 5.41) is 3.01. The van der Waals surface area contributed by atoms with Gasteiger partial charge in [-0.15, -0.1) is 11.8 Å². The predicted octanol–water partition coefficient (Wildman–Crippen LogP) is 7.65. The number of halogens is 5. The maximum absolute atomic E-state index is 14.4. The summed E-state index contributed by atoms with van der Waals surface area (Å²) in [6.45, 7) is 6.09. The summed E-state index contributed by atoms with van der Waals surface area (Å²) < 4.78 is 69.7. The number of aliphatic imine (C=N–C) groups is 1. The molecule has 3 aromatic carbocycles. The molecule has 1 N–H and O–H groups in total. The summed E-state index contributed by atoms with van der Waals surface area (Å²) >= 11 is 1.46. The van der Waals surface area contributed by atoms with Crippen LogP contribution in [0.15, 0.2) is 53.5 Å². The van der Waals surface area contributed by atoms with E-state index in [4.69, 9.17) is 4.99 Å². The van der Waals surface area contributed by atoms with Crippen molar-refractivity contribution in [1.29, 1.82) is 0 Å². The van der Waals surface area contributed by atoms with Gasteiger partial charge in [-0.1, -0.05) is 48.0 Å². The molecule has 1 heterocycles. The first-order valence-electron chi connectivity index (χ1n) is 10.5. The molecule has 2 nitrogen and oxygen atoms in total. The SMILES string of the molecule is Cc1cc(C)c(C2CSC(C=C(Nc3c(F)c(F)c(F)c(F)c3F)c3ccccc3)=N2)c(C)c1. The number of benzene rings is 3. The van der Waals surface area contributed by atoms with Crippen molar-refractivity contribution < 1.29 is 22.0 Å². The molecule has 0 spiro atoms. The molecule has 0 radical (unpaired) electrons. The second-order valence-corrected chi connectivity index (χ2v) is 9.14. The van der Waals surface area contributed by atoms with Gasteiger partial charge >= 0.3 is 0 Å². The van der Waals surface area contributed by atoms with E-state index in [-0.39, 0.29) is 11.7 Å². The van der Waals surface area contributed by atoms with Crippen LogP contribution in [0, 0.1) is 49.9 Å². The van der Waals surface area contributed by atoms with Gasteiger partial charge in [0.25, 0.3) is 0 Å². The van der Waals surface area contributed by atoms with Crippen molar-refractivity contribution in [3.63, 3.8) is 0 Å². The number of nitrogens with one attached hydrogen (secondary N) is 1. The molecule has 1 unspecified atom stereocenters. The highest BCUT2D eigenvalue weighted by Gasteiger charge is 2.27. The molecule has 0 aromatic heterocycles. The van der Waals surface area contributed by atoms with Crippen molar-refractivity contribution in [3.05, 3.63) is 105 Å². The molecular formula is C26H21F5N2S. The van der Waals surface area contributed by atoms with Gasteiger partial charge in [0.05, 0.1) is 11.1 Å². The first-order valence-corrected chi connectivity index (χ1v) is 11.5. The second-order valence-electron chi connectivity index (χ2n) is 8.10. The van der Waals surface area contributed by atoms with Gasteiger partial charge in [-0.25, -0.2) is 22.0 Å². The molecule has 1 aliphatic rings. The van der Waals surface area contributed by atoms with E-state index >= 15 is 0 Å². The van der Waals surface area contributed by atoms with Gasteiger partial charge in [-0.2, -0.15) is 0 Å². The number of aryl methyl sites for hydroxylation is 3. The average Bonchev–Trinajstić information content (AvgIpc) is 3.26. The number of hydrogen-bond acceptors (Lipinski definition) is 3. The van der Waals surface area contributed by atoms with Gasteiger partial charge in [0.2, 0.25) is 5.82 Å². The third kappa shape index (κ3) is 4.59. The van der Waals surface area contributed by atoms with Crippen LogP contribution >= 0.6 is 11.8 Å². The van der Waals surface area contributed by atoms with Crippen molar-refractivity contribution in [3.8, 4) is 0 Å². The largest absolute Gasteiger partial charge is 0.350 e. The van der Waals surface area contributed by atoms with E-state index in [2.05, 4.69) is 17.4 Å².